The third-order valence-corrected chi connectivity index (χ3v) is 0.809. The van der Waals surface area contributed by atoms with Crippen molar-refractivity contribution in [2.45, 2.75) is 13.8 Å². The summed E-state index contributed by atoms with van der Waals surface area (Å²) in [4.78, 5) is 15.2. The molecular formula is C6H14N2O2. The molecule has 0 aliphatic rings. The Kier molecular flexibility index (Phi) is 4.66. The average molecular weight is 146 g/mol. The average Bonchev–Trinajstić information content (AvgIpc) is 1.87. The zero-order valence-electron chi connectivity index (χ0n) is 6.60. The number of hydroxylamine groups is 1. The van der Waals surface area contributed by atoms with E-state index in [0.29, 0.717) is 12.5 Å². The Morgan fingerprint density at radius 3 is 2.60 bits per heavy atom. The largest absolute Gasteiger partial charge is 0.339 e. The summed E-state index contributed by atoms with van der Waals surface area (Å²) in [5, 5.41) is 2.36. The zero-order chi connectivity index (χ0) is 7.98. The summed E-state index contributed by atoms with van der Waals surface area (Å²) in [6.45, 7) is 4.55. The van der Waals surface area contributed by atoms with Crippen molar-refractivity contribution >= 4 is 6.03 Å². The molecule has 0 heterocycles. The Labute approximate surface area is 60.9 Å². The van der Waals surface area contributed by atoms with Crippen LogP contribution in [0.2, 0.25) is 0 Å². The second-order valence-corrected chi connectivity index (χ2v) is 2.39. The SMILES string of the molecule is CNC(=O)NOCC(C)C. The van der Waals surface area contributed by atoms with Crippen molar-refractivity contribution in [1.29, 1.82) is 0 Å². The van der Waals surface area contributed by atoms with Crippen molar-refractivity contribution in [2.75, 3.05) is 13.7 Å². The Bertz CT molecular complexity index is 104. The van der Waals surface area contributed by atoms with Crippen LogP contribution in [0.1, 0.15) is 13.8 Å². The van der Waals surface area contributed by atoms with E-state index in [1.165, 1.54) is 7.05 Å². The van der Waals surface area contributed by atoms with Crippen LogP contribution < -0.4 is 10.8 Å². The Morgan fingerprint density at radius 1 is 1.60 bits per heavy atom. The van der Waals surface area contributed by atoms with Crippen molar-refractivity contribution in [1.82, 2.24) is 10.8 Å². The molecule has 60 valence electrons. The van der Waals surface area contributed by atoms with E-state index in [0.717, 1.165) is 0 Å². The number of urea groups is 1. The maximum Gasteiger partial charge on any atom is 0.338 e. The molecule has 2 N–H and O–H groups in total. The fourth-order valence-electron chi connectivity index (χ4n) is 0.325. The molecule has 0 aromatic rings. The van der Waals surface area contributed by atoms with Gasteiger partial charge in [0.15, 0.2) is 0 Å². The molecule has 0 aromatic carbocycles. The lowest BCUT2D eigenvalue weighted by molar-refractivity contribution is 0.0447. The second-order valence-electron chi connectivity index (χ2n) is 2.39. The van der Waals surface area contributed by atoms with Crippen LogP contribution in [0.25, 0.3) is 0 Å². The molecule has 0 radical (unpaired) electrons. The van der Waals surface area contributed by atoms with E-state index in [1.807, 2.05) is 13.8 Å². The predicted molar refractivity (Wildman–Crippen MR) is 38.4 cm³/mol. The van der Waals surface area contributed by atoms with Crippen LogP contribution in [0.15, 0.2) is 0 Å². The highest BCUT2D eigenvalue weighted by Crippen LogP contribution is 1.88. The quantitative estimate of drug-likeness (QED) is 0.570. The molecule has 0 fully saturated rings. The fourth-order valence-corrected chi connectivity index (χ4v) is 0.325. The zero-order valence-corrected chi connectivity index (χ0v) is 6.60. The summed E-state index contributed by atoms with van der Waals surface area (Å²) in [6.07, 6.45) is 0. The molecular weight excluding hydrogens is 132 g/mol. The smallest absolute Gasteiger partial charge is 0.338 e. The van der Waals surface area contributed by atoms with Crippen molar-refractivity contribution < 1.29 is 9.63 Å². The second kappa shape index (κ2) is 5.05. The third-order valence-electron chi connectivity index (χ3n) is 0.809. The van der Waals surface area contributed by atoms with Gasteiger partial charge in [0.1, 0.15) is 0 Å². The minimum absolute atomic E-state index is 0.319. The molecule has 0 atom stereocenters. The molecule has 0 rings (SSSR count). The normalized spacial score (nSPS) is 9.60. The first-order valence-electron chi connectivity index (χ1n) is 3.26. The first kappa shape index (κ1) is 9.23. The van der Waals surface area contributed by atoms with E-state index in [1.54, 1.807) is 0 Å². The molecule has 0 aliphatic heterocycles. The lowest BCUT2D eigenvalue weighted by Crippen LogP contribution is -2.33. The fraction of sp³-hybridized carbons (Fsp3) is 0.833. The van der Waals surface area contributed by atoms with Crippen molar-refractivity contribution in [3.8, 4) is 0 Å². The number of rotatable bonds is 3. The minimum atomic E-state index is -0.319. The molecule has 2 amide bonds. The van der Waals surface area contributed by atoms with E-state index in [4.69, 9.17) is 4.84 Å². The lowest BCUT2D eigenvalue weighted by Gasteiger charge is -2.06. The van der Waals surface area contributed by atoms with Gasteiger partial charge in [-0.15, -0.1) is 0 Å². The molecule has 0 aromatic heterocycles. The number of hydrogen-bond acceptors (Lipinski definition) is 2. The van der Waals surface area contributed by atoms with Gasteiger partial charge < -0.3 is 5.32 Å². The first-order chi connectivity index (χ1) is 4.66. The van der Waals surface area contributed by atoms with Crippen LogP contribution in [-0.2, 0) is 4.84 Å². The highest BCUT2D eigenvalue weighted by molar-refractivity contribution is 5.72. The number of hydrogen-bond donors (Lipinski definition) is 2. The number of carbonyl (C=O) groups excluding carboxylic acids is 1. The molecule has 0 unspecified atom stereocenters. The number of nitrogens with one attached hydrogen (secondary N) is 2. The van der Waals surface area contributed by atoms with Crippen molar-refractivity contribution in [2.24, 2.45) is 5.92 Å². The summed E-state index contributed by atoms with van der Waals surface area (Å²) in [7, 11) is 1.54. The Hall–Kier alpha value is -0.770. The third kappa shape index (κ3) is 5.37. The first-order valence-corrected chi connectivity index (χ1v) is 3.26. The van der Waals surface area contributed by atoms with Gasteiger partial charge in [0.25, 0.3) is 0 Å². The van der Waals surface area contributed by atoms with E-state index in [2.05, 4.69) is 10.8 Å². The minimum Gasteiger partial charge on any atom is -0.339 e. The summed E-state index contributed by atoms with van der Waals surface area (Å²) in [5.74, 6) is 0.428. The molecule has 4 nitrogen and oxygen atoms in total. The molecule has 4 heteroatoms. The van der Waals surface area contributed by atoms with Crippen LogP contribution in [-0.4, -0.2) is 19.7 Å². The van der Waals surface area contributed by atoms with Crippen LogP contribution in [0.5, 0.6) is 0 Å². The van der Waals surface area contributed by atoms with Gasteiger partial charge >= 0.3 is 6.03 Å². The molecule has 0 saturated heterocycles. The van der Waals surface area contributed by atoms with E-state index >= 15 is 0 Å². The molecule has 0 aliphatic carbocycles. The topological polar surface area (TPSA) is 50.4 Å². The van der Waals surface area contributed by atoms with Gasteiger partial charge in [0.05, 0.1) is 6.61 Å². The Morgan fingerprint density at radius 2 is 2.20 bits per heavy atom. The van der Waals surface area contributed by atoms with Crippen LogP contribution in [0.3, 0.4) is 0 Å². The van der Waals surface area contributed by atoms with Crippen LogP contribution >= 0.6 is 0 Å². The lowest BCUT2D eigenvalue weighted by atomic mass is 10.2. The van der Waals surface area contributed by atoms with E-state index in [-0.39, 0.29) is 6.03 Å². The maximum atomic E-state index is 10.4. The summed E-state index contributed by atoms with van der Waals surface area (Å²) >= 11 is 0. The van der Waals surface area contributed by atoms with Crippen LogP contribution in [0.4, 0.5) is 4.79 Å². The van der Waals surface area contributed by atoms with Gasteiger partial charge in [-0.3, -0.25) is 4.84 Å². The summed E-state index contributed by atoms with van der Waals surface area (Å²) in [6, 6.07) is -0.319. The van der Waals surface area contributed by atoms with Gasteiger partial charge in [0, 0.05) is 7.05 Å². The van der Waals surface area contributed by atoms with Crippen molar-refractivity contribution in [3.63, 3.8) is 0 Å². The monoisotopic (exact) mass is 146 g/mol. The highest BCUT2D eigenvalue weighted by Gasteiger charge is 1.96. The van der Waals surface area contributed by atoms with E-state index in [9.17, 15) is 4.79 Å². The van der Waals surface area contributed by atoms with Gasteiger partial charge in [-0.1, -0.05) is 13.8 Å². The molecule has 0 bridgehead atoms. The molecule has 10 heavy (non-hydrogen) atoms. The predicted octanol–water partition coefficient (Wildman–Crippen LogP) is 0.503. The Balaban J connectivity index is 3.12. The van der Waals surface area contributed by atoms with Crippen LogP contribution in [0, 0.1) is 5.92 Å². The summed E-state index contributed by atoms with van der Waals surface area (Å²) in [5.41, 5.74) is 2.21. The standard InChI is InChI=1S/C6H14N2O2/c1-5(2)4-10-8-6(9)7-3/h5H,4H2,1-3H3,(H2,7,8,9). The highest BCUT2D eigenvalue weighted by atomic mass is 16.7. The van der Waals surface area contributed by atoms with Crippen molar-refractivity contribution in [3.05, 3.63) is 0 Å². The van der Waals surface area contributed by atoms with Gasteiger partial charge in [-0.25, -0.2) is 10.3 Å². The maximum absolute atomic E-state index is 10.4. The molecule has 0 spiro atoms. The van der Waals surface area contributed by atoms with E-state index < -0.39 is 0 Å². The summed E-state index contributed by atoms with van der Waals surface area (Å²) < 4.78 is 0. The van der Waals surface area contributed by atoms with Gasteiger partial charge in [-0.05, 0) is 5.92 Å². The van der Waals surface area contributed by atoms with Gasteiger partial charge in [0.2, 0.25) is 0 Å². The number of carbonyl (C=O) groups is 1. The number of amides is 2. The van der Waals surface area contributed by atoms with Gasteiger partial charge in [-0.2, -0.15) is 0 Å². The molecule has 0 saturated carbocycles.